The second kappa shape index (κ2) is 11.7. The molecule has 0 bridgehead atoms. The van der Waals surface area contributed by atoms with E-state index >= 15 is 0 Å². The first-order chi connectivity index (χ1) is 17.5. The molecular formula is C28H32N2O6. The summed E-state index contributed by atoms with van der Waals surface area (Å²) in [6, 6.07) is 15.3. The number of rotatable bonds is 10. The van der Waals surface area contributed by atoms with Crippen molar-refractivity contribution in [2.75, 3.05) is 21.3 Å². The van der Waals surface area contributed by atoms with Gasteiger partial charge in [-0.2, -0.15) is 0 Å². The van der Waals surface area contributed by atoms with Crippen LogP contribution in [0.5, 0.6) is 17.2 Å². The van der Waals surface area contributed by atoms with Crippen molar-refractivity contribution in [3.63, 3.8) is 0 Å². The highest BCUT2D eigenvalue weighted by Gasteiger charge is 2.36. The lowest BCUT2D eigenvalue weighted by Gasteiger charge is -2.32. The molecule has 1 aliphatic carbocycles. The molecule has 1 heterocycles. The zero-order valence-corrected chi connectivity index (χ0v) is 20.9. The van der Waals surface area contributed by atoms with E-state index in [1.807, 2.05) is 30.3 Å². The van der Waals surface area contributed by atoms with E-state index in [1.165, 1.54) is 32.5 Å². The Bertz CT molecular complexity index is 1130. The average Bonchev–Trinajstić information content (AvgIpc) is 3.62. The highest BCUT2D eigenvalue weighted by Crippen LogP contribution is 2.41. The molecule has 2 amide bonds. The van der Waals surface area contributed by atoms with Crippen LogP contribution in [0.15, 0.2) is 65.3 Å². The van der Waals surface area contributed by atoms with Gasteiger partial charge in [0.25, 0.3) is 5.91 Å². The summed E-state index contributed by atoms with van der Waals surface area (Å²) < 4.78 is 22.0. The Labute approximate surface area is 211 Å². The minimum absolute atomic E-state index is 0.0688. The number of hydrogen-bond donors (Lipinski definition) is 1. The number of carbonyl (C=O) groups is 2. The third kappa shape index (κ3) is 5.48. The van der Waals surface area contributed by atoms with Gasteiger partial charge in [0.2, 0.25) is 11.7 Å². The van der Waals surface area contributed by atoms with Crippen LogP contribution >= 0.6 is 0 Å². The molecule has 3 aromatic rings. The SMILES string of the molecule is COc1cc([C@@H](C(=O)NC2CCCC2)N(Cc2ccccc2)C(=O)c2ccco2)cc(OC)c1OC. The average molecular weight is 493 g/mol. The van der Waals surface area contributed by atoms with Crippen LogP contribution in [0.3, 0.4) is 0 Å². The van der Waals surface area contributed by atoms with Crippen molar-refractivity contribution in [2.45, 2.75) is 44.3 Å². The van der Waals surface area contributed by atoms with Crippen LogP contribution in [0.1, 0.15) is 53.4 Å². The van der Waals surface area contributed by atoms with Crippen molar-refractivity contribution >= 4 is 11.8 Å². The number of methoxy groups -OCH3 is 3. The summed E-state index contributed by atoms with van der Waals surface area (Å²) in [6.45, 7) is 0.194. The molecular weight excluding hydrogens is 460 g/mol. The molecule has 2 aromatic carbocycles. The number of nitrogens with zero attached hydrogens (tertiary/aromatic N) is 1. The molecule has 36 heavy (non-hydrogen) atoms. The molecule has 4 rings (SSSR count). The molecule has 190 valence electrons. The number of ether oxygens (including phenoxy) is 3. The Morgan fingerprint density at radius 3 is 2.19 bits per heavy atom. The zero-order chi connectivity index (χ0) is 25.5. The minimum atomic E-state index is -0.975. The second-order valence-electron chi connectivity index (χ2n) is 8.75. The van der Waals surface area contributed by atoms with Gasteiger partial charge in [-0.05, 0) is 48.2 Å². The van der Waals surface area contributed by atoms with E-state index in [9.17, 15) is 9.59 Å². The van der Waals surface area contributed by atoms with Gasteiger partial charge in [0.15, 0.2) is 17.3 Å². The van der Waals surface area contributed by atoms with E-state index in [0.717, 1.165) is 31.2 Å². The molecule has 8 nitrogen and oxygen atoms in total. The maximum absolute atomic E-state index is 13.9. The Kier molecular flexibility index (Phi) is 8.15. The molecule has 0 unspecified atom stereocenters. The Morgan fingerprint density at radius 1 is 0.972 bits per heavy atom. The predicted molar refractivity (Wildman–Crippen MR) is 134 cm³/mol. The number of nitrogens with one attached hydrogen (secondary N) is 1. The Hall–Kier alpha value is -3.94. The van der Waals surface area contributed by atoms with Gasteiger partial charge in [-0.3, -0.25) is 9.59 Å². The lowest BCUT2D eigenvalue weighted by molar-refractivity contribution is -0.126. The van der Waals surface area contributed by atoms with E-state index in [2.05, 4.69) is 5.32 Å². The molecule has 1 fully saturated rings. The zero-order valence-electron chi connectivity index (χ0n) is 20.9. The summed E-state index contributed by atoms with van der Waals surface area (Å²) in [5.41, 5.74) is 1.42. The fourth-order valence-corrected chi connectivity index (χ4v) is 4.68. The van der Waals surface area contributed by atoms with E-state index in [4.69, 9.17) is 18.6 Å². The van der Waals surface area contributed by atoms with Crippen LogP contribution in [0.4, 0.5) is 0 Å². The van der Waals surface area contributed by atoms with Crippen LogP contribution in [0.25, 0.3) is 0 Å². The smallest absolute Gasteiger partial charge is 0.290 e. The van der Waals surface area contributed by atoms with Crippen LogP contribution in [-0.2, 0) is 11.3 Å². The summed E-state index contributed by atoms with van der Waals surface area (Å²) in [6.07, 6.45) is 5.41. The van der Waals surface area contributed by atoms with E-state index in [0.29, 0.717) is 22.8 Å². The van der Waals surface area contributed by atoms with Gasteiger partial charge in [-0.15, -0.1) is 0 Å². The van der Waals surface area contributed by atoms with Gasteiger partial charge >= 0.3 is 0 Å². The number of amides is 2. The van der Waals surface area contributed by atoms with Crippen molar-refractivity contribution < 1.29 is 28.2 Å². The molecule has 8 heteroatoms. The van der Waals surface area contributed by atoms with Crippen LogP contribution in [0, 0.1) is 0 Å². The summed E-state index contributed by atoms with van der Waals surface area (Å²) in [5.74, 6) is 0.685. The van der Waals surface area contributed by atoms with Crippen LogP contribution in [-0.4, -0.2) is 44.1 Å². The summed E-state index contributed by atoms with van der Waals surface area (Å²) >= 11 is 0. The number of hydrogen-bond acceptors (Lipinski definition) is 6. The first kappa shape index (κ1) is 25.2. The van der Waals surface area contributed by atoms with Gasteiger partial charge in [0.05, 0.1) is 27.6 Å². The van der Waals surface area contributed by atoms with Gasteiger partial charge in [0, 0.05) is 12.6 Å². The van der Waals surface area contributed by atoms with Gasteiger partial charge in [-0.25, -0.2) is 0 Å². The van der Waals surface area contributed by atoms with Crippen molar-refractivity contribution in [1.82, 2.24) is 10.2 Å². The minimum Gasteiger partial charge on any atom is -0.493 e. The van der Waals surface area contributed by atoms with Crippen molar-refractivity contribution in [1.29, 1.82) is 0 Å². The van der Waals surface area contributed by atoms with Crippen molar-refractivity contribution in [2.24, 2.45) is 0 Å². The number of benzene rings is 2. The third-order valence-electron chi connectivity index (χ3n) is 6.45. The van der Waals surface area contributed by atoms with Gasteiger partial charge < -0.3 is 28.8 Å². The molecule has 1 atom stereocenters. The Morgan fingerprint density at radius 2 is 1.64 bits per heavy atom. The lowest BCUT2D eigenvalue weighted by Crippen LogP contribution is -2.45. The first-order valence-corrected chi connectivity index (χ1v) is 12.0. The molecule has 1 aliphatic rings. The molecule has 0 spiro atoms. The topological polar surface area (TPSA) is 90.2 Å². The number of carbonyl (C=O) groups excluding carboxylic acids is 2. The lowest BCUT2D eigenvalue weighted by atomic mass is 10.0. The summed E-state index contributed by atoms with van der Waals surface area (Å²) in [5, 5.41) is 3.17. The second-order valence-corrected chi connectivity index (χ2v) is 8.75. The molecule has 1 saturated carbocycles. The van der Waals surface area contributed by atoms with Crippen molar-refractivity contribution in [3.05, 3.63) is 77.7 Å². The molecule has 0 radical (unpaired) electrons. The molecule has 0 saturated heterocycles. The normalized spacial score (nSPS) is 14.2. The summed E-state index contributed by atoms with van der Waals surface area (Å²) in [7, 11) is 4.56. The maximum Gasteiger partial charge on any atom is 0.290 e. The third-order valence-corrected chi connectivity index (χ3v) is 6.45. The monoisotopic (exact) mass is 492 g/mol. The van der Waals surface area contributed by atoms with Gasteiger partial charge in [0.1, 0.15) is 6.04 Å². The summed E-state index contributed by atoms with van der Waals surface area (Å²) in [4.78, 5) is 29.2. The van der Waals surface area contributed by atoms with E-state index < -0.39 is 11.9 Å². The highest BCUT2D eigenvalue weighted by molar-refractivity contribution is 5.96. The highest BCUT2D eigenvalue weighted by atomic mass is 16.5. The quantitative estimate of drug-likeness (QED) is 0.439. The van der Waals surface area contributed by atoms with E-state index in [1.54, 1.807) is 24.3 Å². The van der Waals surface area contributed by atoms with E-state index in [-0.39, 0.29) is 24.3 Å². The molecule has 0 aliphatic heterocycles. The van der Waals surface area contributed by atoms with Crippen LogP contribution in [0.2, 0.25) is 0 Å². The maximum atomic E-state index is 13.9. The Balaban J connectivity index is 1.83. The van der Waals surface area contributed by atoms with Gasteiger partial charge in [-0.1, -0.05) is 43.2 Å². The van der Waals surface area contributed by atoms with Crippen LogP contribution < -0.4 is 19.5 Å². The fourth-order valence-electron chi connectivity index (χ4n) is 4.68. The van der Waals surface area contributed by atoms with Crippen molar-refractivity contribution in [3.8, 4) is 17.2 Å². The molecule has 1 aromatic heterocycles. The number of furan rings is 1. The fraction of sp³-hybridized carbons (Fsp3) is 0.357. The molecule has 1 N–H and O–H groups in total. The first-order valence-electron chi connectivity index (χ1n) is 12.0. The standard InChI is InChI=1S/C28H32N2O6/c1-33-23-16-20(17-24(34-2)26(23)35-3)25(27(31)29-21-12-7-8-13-21)30(18-19-10-5-4-6-11-19)28(32)22-14-9-15-36-22/h4-6,9-11,14-17,21,25H,7-8,12-13,18H2,1-3H3,(H,29,31)/t25-/m0/s1. The largest absolute Gasteiger partial charge is 0.493 e. The predicted octanol–water partition coefficient (Wildman–Crippen LogP) is 4.75.